The Kier molecular flexibility index (Phi) is 2.23. The molecular formula is C11H16N2. The molecule has 13 heavy (non-hydrogen) atoms. The summed E-state index contributed by atoms with van der Waals surface area (Å²) >= 11 is 0. The number of nitrogens with one attached hydrogen (secondary N) is 1. The van der Waals surface area contributed by atoms with Gasteiger partial charge in [0.05, 0.1) is 0 Å². The average Bonchev–Trinajstić information content (AvgIpc) is 2.17. The molecule has 1 unspecified atom stereocenters. The lowest BCUT2D eigenvalue weighted by Crippen LogP contribution is -2.30. The van der Waals surface area contributed by atoms with Crippen molar-refractivity contribution in [3.05, 3.63) is 29.3 Å². The van der Waals surface area contributed by atoms with Gasteiger partial charge in [-0.2, -0.15) is 0 Å². The van der Waals surface area contributed by atoms with Crippen molar-refractivity contribution in [2.45, 2.75) is 25.8 Å². The molecule has 70 valence electrons. The molecule has 1 aliphatic heterocycles. The van der Waals surface area contributed by atoms with E-state index in [-0.39, 0.29) is 0 Å². The molecule has 2 heteroatoms. The molecule has 1 aliphatic rings. The Morgan fingerprint density at radius 2 is 2.38 bits per heavy atom. The van der Waals surface area contributed by atoms with Crippen molar-refractivity contribution in [3.63, 3.8) is 0 Å². The minimum atomic E-state index is 0.463. The number of benzene rings is 1. The maximum Gasteiger partial charge on any atom is 0.0365 e. The highest BCUT2D eigenvalue weighted by Crippen LogP contribution is 2.29. The summed E-state index contributed by atoms with van der Waals surface area (Å²) in [7, 11) is 0. The van der Waals surface area contributed by atoms with E-state index in [1.807, 2.05) is 12.1 Å². The third kappa shape index (κ3) is 1.42. The molecule has 0 saturated heterocycles. The Labute approximate surface area is 79.1 Å². The number of anilines is 1. The molecule has 2 rings (SSSR count). The molecule has 0 aliphatic carbocycles. The second kappa shape index (κ2) is 3.38. The van der Waals surface area contributed by atoms with Crippen LogP contribution in [0.4, 0.5) is 5.69 Å². The van der Waals surface area contributed by atoms with E-state index in [4.69, 9.17) is 5.73 Å². The summed E-state index contributed by atoms with van der Waals surface area (Å²) < 4.78 is 0. The topological polar surface area (TPSA) is 38.0 Å². The predicted molar refractivity (Wildman–Crippen MR) is 55.6 cm³/mol. The maximum atomic E-state index is 5.97. The van der Waals surface area contributed by atoms with Gasteiger partial charge in [0.25, 0.3) is 0 Å². The zero-order valence-corrected chi connectivity index (χ0v) is 8.01. The monoisotopic (exact) mass is 176 g/mol. The number of nitrogen functional groups attached to an aromatic ring is 1. The van der Waals surface area contributed by atoms with Crippen LogP contribution >= 0.6 is 0 Å². The third-order valence-electron chi connectivity index (χ3n) is 2.77. The molecule has 1 atom stereocenters. The first-order valence-electron chi connectivity index (χ1n) is 4.93. The van der Waals surface area contributed by atoms with E-state index in [2.05, 4.69) is 18.3 Å². The summed E-state index contributed by atoms with van der Waals surface area (Å²) in [5, 5.41) is 3.49. The van der Waals surface area contributed by atoms with Crippen molar-refractivity contribution >= 4 is 5.69 Å². The lowest BCUT2D eigenvalue weighted by molar-refractivity contribution is 0.494. The lowest BCUT2D eigenvalue weighted by Gasteiger charge is -2.27. The van der Waals surface area contributed by atoms with Crippen LogP contribution in [-0.2, 0) is 6.42 Å². The molecule has 2 nitrogen and oxygen atoms in total. The number of hydrogen-bond donors (Lipinski definition) is 2. The molecule has 0 bridgehead atoms. The van der Waals surface area contributed by atoms with Crippen LogP contribution < -0.4 is 11.1 Å². The summed E-state index contributed by atoms with van der Waals surface area (Å²) in [6.45, 7) is 3.27. The molecule has 0 radical (unpaired) electrons. The van der Waals surface area contributed by atoms with E-state index >= 15 is 0 Å². The summed E-state index contributed by atoms with van der Waals surface area (Å²) in [5.41, 5.74) is 9.66. The standard InChI is InChI=1S/C11H16N2/c1-2-10-11-8(6-7-13-10)4-3-5-9(11)12/h3-5,10,13H,2,6-7,12H2,1H3. The predicted octanol–water partition coefficient (Wildman–Crippen LogP) is 1.87. The molecule has 0 aromatic heterocycles. The van der Waals surface area contributed by atoms with E-state index in [0.29, 0.717) is 6.04 Å². The number of hydrogen-bond acceptors (Lipinski definition) is 2. The molecule has 0 spiro atoms. The Bertz CT molecular complexity index is 307. The molecule has 0 fully saturated rings. The van der Waals surface area contributed by atoms with Crippen molar-refractivity contribution in [2.24, 2.45) is 0 Å². The second-order valence-corrected chi connectivity index (χ2v) is 3.58. The van der Waals surface area contributed by atoms with E-state index in [0.717, 1.165) is 25.1 Å². The fraction of sp³-hybridized carbons (Fsp3) is 0.455. The minimum Gasteiger partial charge on any atom is -0.398 e. The average molecular weight is 176 g/mol. The Balaban J connectivity index is 2.47. The summed E-state index contributed by atoms with van der Waals surface area (Å²) in [6, 6.07) is 6.69. The van der Waals surface area contributed by atoms with Crippen molar-refractivity contribution in [2.75, 3.05) is 12.3 Å². The van der Waals surface area contributed by atoms with Gasteiger partial charge >= 0.3 is 0 Å². The van der Waals surface area contributed by atoms with Crippen LogP contribution in [-0.4, -0.2) is 6.54 Å². The fourth-order valence-corrected chi connectivity index (χ4v) is 2.11. The molecule has 1 heterocycles. The van der Waals surface area contributed by atoms with Gasteiger partial charge in [0.1, 0.15) is 0 Å². The highest BCUT2D eigenvalue weighted by Gasteiger charge is 2.19. The number of nitrogens with two attached hydrogens (primary N) is 1. The number of rotatable bonds is 1. The van der Waals surface area contributed by atoms with E-state index in [1.54, 1.807) is 0 Å². The normalized spacial score (nSPS) is 21.2. The van der Waals surface area contributed by atoms with Gasteiger partial charge in [-0.25, -0.2) is 0 Å². The molecule has 1 aromatic carbocycles. The number of fused-ring (bicyclic) bond motifs is 1. The summed E-state index contributed by atoms with van der Waals surface area (Å²) in [6.07, 6.45) is 2.22. The van der Waals surface area contributed by atoms with Crippen LogP contribution in [0.2, 0.25) is 0 Å². The highest BCUT2D eigenvalue weighted by atomic mass is 14.9. The first kappa shape index (κ1) is 8.57. The highest BCUT2D eigenvalue weighted by molar-refractivity contribution is 5.53. The van der Waals surface area contributed by atoms with Gasteiger partial charge in [-0.05, 0) is 36.6 Å². The van der Waals surface area contributed by atoms with Gasteiger partial charge in [-0.3, -0.25) is 0 Å². The van der Waals surface area contributed by atoms with Crippen molar-refractivity contribution in [1.29, 1.82) is 0 Å². The zero-order chi connectivity index (χ0) is 9.26. The Morgan fingerprint density at radius 3 is 3.15 bits per heavy atom. The minimum absolute atomic E-state index is 0.463. The van der Waals surface area contributed by atoms with Crippen molar-refractivity contribution < 1.29 is 0 Å². The lowest BCUT2D eigenvalue weighted by atomic mass is 9.91. The zero-order valence-electron chi connectivity index (χ0n) is 8.01. The van der Waals surface area contributed by atoms with Gasteiger partial charge in [0, 0.05) is 11.7 Å². The van der Waals surface area contributed by atoms with E-state index in [9.17, 15) is 0 Å². The molecule has 0 amide bonds. The Hall–Kier alpha value is -1.02. The van der Waals surface area contributed by atoms with Crippen LogP contribution in [0, 0.1) is 0 Å². The van der Waals surface area contributed by atoms with E-state index in [1.165, 1.54) is 11.1 Å². The van der Waals surface area contributed by atoms with Crippen molar-refractivity contribution in [3.8, 4) is 0 Å². The smallest absolute Gasteiger partial charge is 0.0365 e. The molecule has 3 N–H and O–H groups in total. The van der Waals surface area contributed by atoms with Gasteiger partial charge in [0.15, 0.2) is 0 Å². The van der Waals surface area contributed by atoms with Gasteiger partial charge in [-0.15, -0.1) is 0 Å². The third-order valence-corrected chi connectivity index (χ3v) is 2.77. The van der Waals surface area contributed by atoms with Crippen LogP contribution in [0.25, 0.3) is 0 Å². The van der Waals surface area contributed by atoms with Crippen LogP contribution in [0.1, 0.15) is 30.5 Å². The Morgan fingerprint density at radius 1 is 1.54 bits per heavy atom. The largest absolute Gasteiger partial charge is 0.398 e. The second-order valence-electron chi connectivity index (χ2n) is 3.58. The summed E-state index contributed by atoms with van der Waals surface area (Å²) in [5.74, 6) is 0. The molecule has 1 aromatic rings. The van der Waals surface area contributed by atoms with Gasteiger partial charge < -0.3 is 11.1 Å². The van der Waals surface area contributed by atoms with Crippen LogP contribution in [0.15, 0.2) is 18.2 Å². The maximum absolute atomic E-state index is 5.97. The molecular weight excluding hydrogens is 160 g/mol. The quantitative estimate of drug-likeness (QED) is 0.641. The first-order chi connectivity index (χ1) is 6.33. The fourth-order valence-electron chi connectivity index (χ4n) is 2.11. The molecule has 0 saturated carbocycles. The van der Waals surface area contributed by atoms with Crippen molar-refractivity contribution in [1.82, 2.24) is 5.32 Å². The van der Waals surface area contributed by atoms with Crippen LogP contribution in [0.3, 0.4) is 0 Å². The summed E-state index contributed by atoms with van der Waals surface area (Å²) in [4.78, 5) is 0. The van der Waals surface area contributed by atoms with Gasteiger partial charge in [-0.1, -0.05) is 19.1 Å². The van der Waals surface area contributed by atoms with Crippen LogP contribution in [0.5, 0.6) is 0 Å². The SMILES string of the molecule is CCC1NCCc2cccc(N)c21. The van der Waals surface area contributed by atoms with E-state index < -0.39 is 0 Å². The van der Waals surface area contributed by atoms with Gasteiger partial charge in [0.2, 0.25) is 0 Å². The first-order valence-corrected chi connectivity index (χ1v) is 4.93.